The Kier molecular flexibility index (Phi) is 4.62. The van der Waals surface area contributed by atoms with Crippen molar-refractivity contribution in [3.63, 3.8) is 0 Å². The maximum Gasteiger partial charge on any atom is 0.128 e. The molecule has 0 fully saturated rings. The molecule has 2 aromatic rings. The zero-order chi connectivity index (χ0) is 15.3. The predicted molar refractivity (Wildman–Crippen MR) is 80.7 cm³/mol. The maximum atomic E-state index is 12.8. The van der Waals surface area contributed by atoms with Gasteiger partial charge in [0.25, 0.3) is 0 Å². The van der Waals surface area contributed by atoms with Gasteiger partial charge < -0.3 is 9.84 Å². The van der Waals surface area contributed by atoms with Gasteiger partial charge in [0.1, 0.15) is 22.9 Å². The lowest BCUT2D eigenvalue weighted by molar-refractivity contribution is 0.118. The highest BCUT2D eigenvalue weighted by molar-refractivity contribution is 5.42. The molecular weight excluding hydrogens is 267 g/mol. The van der Waals surface area contributed by atoms with Gasteiger partial charge in [-0.25, -0.2) is 4.39 Å². The molecule has 0 bridgehead atoms. The quantitative estimate of drug-likeness (QED) is 0.859. The van der Waals surface area contributed by atoms with Crippen LogP contribution in [0.3, 0.4) is 0 Å². The van der Waals surface area contributed by atoms with Crippen LogP contribution in [0.5, 0.6) is 11.5 Å². The van der Waals surface area contributed by atoms with Crippen LogP contribution in [0, 0.1) is 17.7 Å². The predicted octanol–water partition coefficient (Wildman–Crippen LogP) is 4.13. The monoisotopic (exact) mass is 284 g/mol. The zero-order valence-corrected chi connectivity index (χ0v) is 12.1. The summed E-state index contributed by atoms with van der Waals surface area (Å²) in [6.45, 7) is 3.56. The van der Waals surface area contributed by atoms with Crippen molar-refractivity contribution in [3.05, 3.63) is 59.9 Å². The molecule has 0 amide bonds. The van der Waals surface area contributed by atoms with E-state index >= 15 is 0 Å². The standard InChI is InChI=1S/C18H17FO2/c1-3-18(2,20)12-11-14-5-4-6-17(13-14)21-16-9-7-15(19)8-10-16/h4-10,13,20H,3H2,1-2H3. The van der Waals surface area contributed by atoms with Crippen molar-refractivity contribution in [3.8, 4) is 23.3 Å². The van der Waals surface area contributed by atoms with Crippen LogP contribution in [0.4, 0.5) is 4.39 Å². The number of ether oxygens (including phenoxy) is 1. The molecule has 2 rings (SSSR count). The van der Waals surface area contributed by atoms with Gasteiger partial charge in [-0.3, -0.25) is 0 Å². The molecule has 1 N–H and O–H groups in total. The molecule has 0 aromatic heterocycles. The van der Waals surface area contributed by atoms with E-state index in [0.717, 1.165) is 5.56 Å². The maximum absolute atomic E-state index is 12.8. The molecule has 2 nitrogen and oxygen atoms in total. The Bertz CT molecular complexity index is 664. The summed E-state index contributed by atoms with van der Waals surface area (Å²) in [5, 5.41) is 9.87. The second-order valence-electron chi connectivity index (χ2n) is 4.96. The molecular formula is C18H17FO2. The first-order chi connectivity index (χ1) is 9.98. The Morgan fingerprint density at radius 2 is 1.86 bits per heavy atom. The van der Waals surface area contributed by atoms with Gasteiger partial charge in [0, 0.05) is 5.56 Å². The fourth-order valence-electron chi connectivity index (χ4n) is 1.57. The first-order valence-electron chi connectivity index (χ1n) is 6.77. The van der Waals surface area contributed by atoms with E-state index in [4.69, 9.17) is 4.74 Å². The Balaban J connectivity index is 2.16. The minimum absolute atomic E-state index is 0.302. The number of hydrogen-bond acceptors (Lipinski definition) is 2. The molecule has 0 aliphatic carbocycles. The summed E-state index contributed by atoms with van der Waals surface area (Å²) in [6.07, 6.45) is 0.561. The van der Waals surface area contributed by atoms with Crippen LogP contribution in [0.25, 0.3) is 0 Å². The highest BCUT2D eigenvalue weighted by Crippen LogP contribution is 2.22. The van der Waals surface area contributed by atoms with E-state index in [1.54, 1.807) is 31.2 Å². The van der Waals surface area contributed by atoms with E-state index in [9.17, 15) is 9.50 Å². The van der Waals surface area contributed by atoms with Crippen molar-refractivity contribution in [2.45, 2.75) is 25.9 Å². The van der Waals surface area contributed by atoms with Crippen molar-refractivity contribution in [1.82, 2.24) is 0 Å². The van der Waals surface area contributed by atoms with Crippen LogP contribution in [0.15, 0.2) is 48.5 Å². The molecule has 0 aliphatic heterocycles. The molecule has 0 saturated heterocycles. The van der Waals surface area contributed by atoms with Crippen LogP contribution >= 0.6 is 0 Å². The fraction of sp³-hybridized carbons (Fsp3) is 0.222. The average Bonchev–Trinajstić information content (AvgIpc) is 2.48. The van der Waals surface area contributed by atoms with Crippen molar-refractivity contribution >= 4 is 0 Å². The topological polar surface area (TPSA) is 29.5 Å². The van der Waals surface area contributed by atoms with E-state index in [-0.39, 0.29) is 5.82 Å². The molecule has 0 aliphatic rings. The number of aliphatic hydroxyl groups is 1. The van der Waals surface area contributed by atoms with Gasteiger partial charge in [-0.15, -0.1) is 0 Å². The first kappa shape index (κ1) is 15.1. The van der Waals surface area contributed by atoms with E-state index in [0.29, 0.717) is 17.9 Å². The van der Waals surface area contributed by atoms with Crippen LogP contribution < -0.4 is 4.74 Å². The van der Waals surface area contributed by atoms with Crippen molar-refractivity contribution in [2.75, 3.05) is 0 Å². The average molecular weight is 284 g/mol. The van der Waals surface area contributed by atoms with Crippen LogP contribution in [-0.4, -0.2) is 10.7 Å². The van der Waals surface area contributed by atoms with Gasteiger partial charge in [-0.1, -0.05) is 24.8 Å². The Morgan fingerprint density at radius 3 is 2.52 bits per heavy atom. The molecule has 21 heavy (non-hydrogen) atoms. The molecule has 0 spiro atoms. The fourth-order valence-corrected chi connectivity index (χ4v) is 1.57. The third-order valence-corrected chi connectivity index (χ3v) is 3.05. The van der Waals surface area contributed by atoms with Crippen molar-refractivity contribution in [2.24, 2.45) is 0 Å². The Hall–Kier alpha value is -2.31. The number of rotatable bonds is 3. The molecule has 3 heteroatoms. The van der Waals surface area contributed by atoms with E-state index < -0.39 is 5.60 Å². The van der Waals surface area contributed by atoms with E-state index in [1.165, 1.54) is 12.1 Å². The molecule has 0 radical (unpaired) electrons. The molecule has 1 unspecified atom stereocenters. The SMILES string of the molecule is CCC(C)(O)C#Cc1cccc(Oc2ccc(F)cc2)c1. The number of halogens is 1. The minimum Gasteiger partial charge on any atom is -0.457 e. The molecule has 1 atom stereocenters. The first-order valence-corrected chi connectivity index (χ1v) is 6.77. The summed E-state index contributed by atoms with van der Waals surface area (Å²) < 4.78 is 18.5. The van der Waals surface area contributed by atoms with E-state index in [1.807, 2.05) is 19.1 Å². The Morgan fingerprint density at radius 1 is 1.14 bits per heavy atom. The highest BCUT2D eigenvalue weighted by atomic mass is 19.1. The van der Waals surface area contributed by atoms with Crippen LogP contribution in [0.1, 0.15) is 25.8 Å². The molecule has 2 aromatic carbocycles. The zero-order valence-electron chi connectivity index (χ0n) is 12.1. The van der Waals surface area contributed by atoms with E-state index in [2.05, 4.69) is 11.8 Å². The van der Waals surface area contributed by atoms with Gasteiger partial charge >= 0.3 is 0 Å². The summed E-state index contributed by atoms with van der Waals surface area (Å²) in [5.41, 5.74) is -0.239. The second-order valence-corrected chi connectivity index (χ2v) is 4.96. The largest absolute Gasteiger partial charge is 0.457 e. The molecule has 108 valence electrons. The minimum atomic E-state index is -0.992. The van der Waals surface area contributed by atoms with Gasteiger partial charge in [0.15, 0.2) is 0 Å². The lowest BCUT2D eigenvalue weighted by Crippen LogP contribution is -2.19. The van der Waals surface area contributed by atoms with Gasteiger partial charge in [-0.05, 0) is 55.8 Å². The normalized spacial score (nSPS) is 13.0. The Labute approximate surface area is 124 Å². The van der Waals surface area contributed by atoms with Crippen LogP contribution in [0.2, 0.25) is 0 Å². The summed E-state index contributed by atoms with van der Waals surface area (Å²) in [7, 11) is 0. The smallest absolute Gasteiger partial charge is 0.128 e. The summed E-state index contributed by atoms with van der Waals surface area (Å²) in [4.78, 5) is 0. The molecule has 0 heterocycles. The van der Waals surface area contributed by atoms with Gasteiger partial charge in [0.2, 0.25) is 0 Å². The third-order valence-electron chi connectivity index (χ3n) is 3.05. The highest BCUT2D eigenvalue weighted by Gasteiger charge is 2.12. The van der Waals surface area contributed by atoms with Gasteiger partial charge in [-0.2, -0.15) is 0 Å². The third kappa shape index (κ3) is 4.62. The summed E-state index contributed by atoms with van der Waals surface area (Å²) in [6, 6.07) is 13.1. The second kappa shape index (κ2) is 6.43. The molecule has 0 saturated carbocycles. The lowest BCUT2D eigenvalue weighted by atomic mass is 10.0. The van der Waals surface area contributed by atoms with Crippen LogP contribution in [-0.2, 0) is 0 Å². The summed E-state index contributed by atoms with van der Waals surface area (Å²) in [5.74, 6) is 6.63. The number of hydrogen-bond donors (Lipinski definition) is 1. The summed E-state index contributed by atoms with van der Waals surface area (Å²) >= 11 is 0. The van der Waals surface area contributed by atoms with Crippen molar-refractivity contribution in [1.29, 1.82) is 0 Å². The number of benzene rings is 2. The lowest BCUT2D eigenvalue weighted by Gasteiger charge is -2.12. The van der Waals surface area contributed by atoms with Crippen molar-refractivity contribution < 1.29 is 14.2 Å². The van der Waals surface area contributed by atoms with Gasteiger partial charge in [0.05, 0.1) is 0 Å².